The van der Waals surface area contributed by atoms with Crippen molar-refractivity contribution in [1.29, 1.82) is 0 Å². The summed E-state index contributed by atoms with van der Waals surface area (Å²) in [5.41, 5.74) is 2.61. The lowest BCUT2D eigenvalue weighted by Crippen LogP contribution is -2.38. The summed E-state index contributed by atoms with van der Waals surface area (Å²) < 4.78 is 32.9. The molecule has 0 unspecified atom stereocenters. The van der Waals surface area contributed by atoms with E-state index in [4.69, 9.17) is 16.3 Å². The number of anilines is 2. The summed E-state index contributed by atoms with van der Waals surface area (Å²) in [6, 6.07) is 17.6. The monoisotopic (exact) mass is 500 g/mol. The van der Waals surface area contributed by atoms with Crippen LogP contribution in [0.5, 0.6) is 0 Å². The van der Waals surface area contributed by atoms with Crippen molar-refractivity contribution in [1.82, 2.24) is 0 Å². The van der Waals surface area contributed by atoms with Gasteiger partial charge in [-0.1, -0.05) is 41.4 Å². The van der Waals surface area contributed by atoms with Crippen LogP contribution in [0.25, 0.3) is 0 Å². The first-order valence-corrected chi connectivity index (χ1v) is 12.4. The molecule has 0 saturated heterocycles. The fourth-order valence-corrected chi connectivity index (χ4v) is 4.85. The maximum atomic E-state index is 13.5. The summed E-state index contributed by atoms with van der Waals surface area (Å²) in [5.74, 6) is -1.12. The largest absolute Gasteiger partial charge is 0.462 e. The summed E-state index contributed by atoms with van der Waals surface area (Å²) >= 11 is 6.24. The molecule has 0 heterocycles. The van der Waals surface area contributed by atoms with Crippen LogP contribution in [0, 0.1) is 13.8 Å². The van der Waals surface area contributed by atoms with E-state index >= 15 is 0 Å². The molecular weight excluding hydrogens is 476 g/mol. The number of hydrogen-bond donors (Lipinski definition) is 1. The topological polar surface area (TPSA) is 92.8 Å². The number of aryl methyl sites for hydroxylation is 2. The van der Waals surface area contributed by atoms with Crippen LogP contribution in [0.1, 0.15) is 28.4 Å². The minimum Gasteiger partial charge on any atom is -0.462 e. The van der Waals surface area contributed by atoms with Crippen LogP contribution in [0.3, 0.4) is 0 Å². The Morgan fingerprint density at radius 2 is 1.68 bits per heavy atom. The Morgan fingerprint density at radius 1 is 0.971 bits per heavy atom. The molecule has 3 aromatic rings. The van der Waals surface area contributed by atoms with Crippen LogP contribution in [-0.2, 0) is 19.6 Å². The second-order valence-corrected chi connectivity index (χ2v) is 9.90. The number of amides is 1. The van der Waals surface area contributed by atoms with E-state index in [0.717, 1.165) is 15.4 Å². The van der Waals surface area contributed by atoms with E-state index in [1.807, 2.05) is 19.9 Å². The number of ether oxygens (including phenoxy) is 1. The van der Waals surface area contributed by atoms with Gasteiger partial charge in [-0.3, -0.25) is 9.10 Å². The van der Waals surface area contributed by atoms with Gasteiger partial charge in [0.15, 0.2) is 0 Å². The molecule has 0 bridgehead atoms. The van der Waals surface area contributed by atoms with Crippen LogP contribution in [0.4, 0.5) is 11.4 Å². The second-order valence-electron chi connectivity index (χ2n) is 7.63. The van der Waals surface area contributed by atoms with Crippen molar-refractivity contribution in [2.75, 3.05) is 22.8 Å². The summed E-state index contributed by atoms with van der Waals surface area (Å²) in [5, 5.41) is 2.75. The molecule has 0 aliphatic heterocycles. The molecule has 0 spiro atoms. The van der Waals surface area contributed by atoms with Gasteiger partial charge in [0, 0.05) is 0 Å². The predicted octanol–water partition coefficient (Wildman–Crippen LogP) is 4.97. The van der Waals surface area contributed by atoms with E-state index < -0.39 is 28.4 Å². The molecule has 7 nitrogen and oxygen atoms in total. The zero-order chi connectivity index (χ0) is 24.9. The van der Waals surface area contributed by atoms with E-state index in [-0.39, 0.29) is 27.8 Å². The molecule has 0 fully saturated rings. The Kier molecular flexibility index (Phi) is 7.96. The lowest BCUT2D eigenvalue weighted by atomic mass is 10.2. The van der Waals surface area contributed by atoms with Gasteiger partial charge in [-0.25, -0.2) is 13.2 Å². The minimum atomic E-state index is -4.03. The molecule has 0 radical (unpaired) electrons. The first-order valence-electron chi connectivity index (χ1n) is 10.5. The van der Waals surface area contributed by atoms with E-state index in [1.54, 1.807) is 37.3 Å². The third-order valence-electron chi connectivity index (χ3n) is 4.94. The Labute approximate surface area is 204 Å². The maximum Gasteiger partial charge on any atom is 0.338 e. The van der Waals surface area contributed by atoms with Crippen LogP contribution >= 0.6 is 11.6 Å². The Morgan fingerprint density at radius 3 is 2.29 bits per heavy atom. The molecule has 1 N–H and O–H groups in total. The van der Waals surface area contributed by atoms with Gasteiger partial charge >= 0.3 is 5.97 Å². The van der Waals surface area contributed by atoms with Gasteiger partial charge in [-0.2, -0.15) is 0 Å². The molecule has 178 valence electrons. The molecule has 0 atom stereocenters. The number of hydrogen-bond acceptors (Lipinski definition) is 5. The molecule has 3 rings (SSSR count). The summed E-state index contributed by atoms with van der Waals surface area (Å²) in [6.45, 7) is 5.14. The molecule has 9 heteroatoms. The SMILES string of the molecule is CCOC(=O)c1ccc(NC(=O)CN(c2cccc(C)c2)S(=O)(=O)c2ccc(C)cc2)c(Cl)c1. The normalized spacial score (nSPS) is 11.1. The zero-order valence-corrected chi connectivity index (χ0v) is 20.6. The van der Waals surface area contributed by atoms with Crippen molar-refractivity contribution < 1.29 is 22.7 Å². The number of sulfonamides is 1. The lowest BCUT2D eigenvalue weighted by molar-refractivity contribution is -0.114. The van der Waals surface area contributed by atoms with E-state index in [0.29, 0.717) is 5.69 Å². The van der Waals surface area contributed by atoms with Crippen molar-refractivity contribution in [2.45, 2.75) is 25.7 Å². The minimum absolute atomic E-state index is 0.0734. The molecule has 0 aromatic heterocycles. The predicted molar refractivity (Wildman–Crippen MR) is 133 cm³/mol. The molecule has 1 amide bonds. The van der Waals surface area contributed by atoms with Crippen LogP contribution < -0.4 is 9.62 Å². The third kappa shape index (κ3) is 5.95. The molecule has 0 aliphatic rings. The average molecular weight is 501 g/mol. The molecule has 0 saturated carbocycles. The number of carbonyl (C=O) groups excluding carboxylic acids is 2. The quantitative estimate of drug-likeness (QED) is 0.441. The Hall–Kier alpha value is -3.36. The Bertz CT molecular complexity index is 1310. The highest BCUT2D eigenvalue weighted by molar-refractivity contribution is 7.92. The van der Waals surface area contributed by atoms with Crippen molar-refractivity contribution >= 4 is 44.9 Å². The molecule has 3 aromatic carbocycles. The highest BCUT2D eigenvalue weighted by atomic mass is 35.5. The van der Waals surface area contributed by atoms with Gasteiger partial charge in [0.05, 0.1) is 33.5 Å². The highest BCUT2D eigenvalue weighted by Gasteiger charge is 2.27. The highest BCUT2D eigenvalue weighted by Crippen LogP contribution is 2.27. The summed E-state index contributed by atoms with van der Waals surface area (Å²) in [4.78, 5) is 24.9. The smallest absolute Gasteiger partial charge is 0.338 e. The molecular formula is C25H25ClN2O5S. The van der Waals surface area contributed by atoms with Gasteiger partial charge < -0.3 is 10.1 Å². The van der Waals surface area contributed by atoms with Crippen LogP contribution in [-0.4, -0.2) is 33.4 Å². The summed E-state index contributed by atoms with van der Waals surface area (Å²) in [7, 11) is -4.03. The number of halogens is 1. The van der Waals surface area contributed by atoms with Gasteiger partial charge in [0.2, 0.25) is 5.91 Å². The van der Waals surface area contributed by atoms with Crippen molar-refractivity contribution in [3.63, 3.8) is 0 Å². The fraction of sp³-hybridized carbons (Fsp3) is 0.200. The number of nitrogens with zero attached hydrogens (tertiary/aromatic N) is 1. The van der Waals surface area contributed by atoms with Crippen LogP contribution in [0.2, 0.25) is 5.02 Å². The number of nitrogens with one attached hydrogen (secondary N) is 1. The lowest BCUT2D eigenvalue weighted by Gasteiger charge is -2.24. The standard InChI is InChI=1S/C25H25ClN2O5S/c1-4-33-25(30)19-10-13-23(22(26)15-19)27-24(29)16-28(20-7-5-6-18(3)14-20)34(31,32)21-11-8-17(2)9-12-21/h5-15H,4,16H2,1-3H3,(H,27,29). The maximum absolute atomic E-state index is 13.5. The first kappa shape index (κ1) is 25.3. The van der Waals surface area contributed by atoms with E-state index in [1.165, 1.54) is 30.3 Å². The van der Waals surface area contributed by atoms with Gasteiger partial charge in [0.1, 0.15) is 6.54 Å². The van der Waals surface area contributed by atoms with Gasteiger partial charge in [0.25, 0.3) is 10.0 Å². The van der Waals surface area contributed by atoms with E-state index in [2.05, 4.69) is 5.32 Å². The number of rotatable bonds is 8. The number of carbonyl (C=O) groups is 2. The van der Waals surface area contributed by atoms with Crippen molar-refractivity contribution in [2.24, 2.45) is 0 Å². The number of esters is 1. The van der Waals surface area contributed by atoms with Gasteiger partial charge in [-0.15, -0.1) is 0 Å². The Balaban J connectivity index is 1.89. The first-order chi connectivity index (χ1) is 16.1. The van der Waals surface area contributed by atoms with E-state index in [9.17, 15) is 18.0 Å². The van der Waals surface area contributed by atoms with Crippen LogP contribution in [0.15, 0.2) is 71.6 Å². The zero-order valence-electron chi connectivity index (χ0n) is 19.0. The molecule has 0 aliphatic carbocycles. The van der Waals surface area contributed by atoms with Crippen molar-refractivity contribution in [3.8, 4) is 0 Å². The second kappa shape index (κ2) is 10.7. The molecule has 34 heavy (non-hydrogen) atoms. The van der Waals surface area contributed by atoms with Crippen molar-refractivity contribution in [3.05, 3.63) is 88.4 Å². The fourth-order valence-electron chi connectivity index (χ4n) is 3.21. The average Bonchev–Trinajstić information content (AvgIpc) is 2.79. The van der Waals surface area contributed by atoms with Gasteiger partial charge in [-0.05, 0) is 68.8 Å². The number of benzene rings is 3. The summed E-state index contributed by atoms with van der Waals surface area (Å²) in [6.07, 6.45) is 0. The third-order valence-corrected chi connectivity index (χ3v) is 7.04.